The fourth-order valence-corrected chi connectivity index (χ4v) is 6.55. The number of nitrogens with zero attached hydrogens (tertiary/aromatic N) is 8. The molecule has 0 atom stereocenters. The van der Waals surface area contributed by atoms with Crippen LogP contribution in [0.25, 0.3) is 5.95 Å². The number of hydrogen-bond donors (Lipinski definition) is 4. The SMILES string of the molecule is CC(=O)Nc1cc(N(CCCCS(=O)(=O)[O-])CCCCS(=O)(=O)[O-])ccc1N=Nc1c(C#N)c(C(C)(C)C)nn1-c1nc(Nc2ccccc2C(=O)O)[nH]c(=O)n1.[Na+].[Na+]. The largest absolute Gasteiger partial charge is 1.00 e. The maximum absolute atomic E-state index is 12.8. The third-order valence-corrected chi connectivity index (χ3v) is 9.55. The van der Waals surface area contributed by atoms with Crippen LogP contribution in [0.4, 0.5) is 34.5 Å². The number of anilines is 4. The van der Waals surface area contributed by atoms with Crippen molar-refractivity contribution in [2.45, 2.75) is 58.8 Å². The van der Waals surface area contributed by atoms with E-state index in [4.69, 9.17) is 0 Å². The van der Waals surface area contributed by atoms with Crippen LogP contribution < -0.4 is 80.3 Å². The Morgan fingerprint density at radius 1 is 0.949 bits per heavy atom. The molecule has 21 nitrogen and oxygen atoms in total. The molecule has 4 N–H and O–H groups in total. The first-order valence-corrected chi connectivity index (χ1v) is 20.4. The predicted molar refractivity (Wildman–Crippen MR) is 205 cm³/mol. The zero-order valence-electron chi connectivity index (χ0n) is 33.2. The molecular weight excluding hydrogens is 833 g/mol. The molecule has 0 fully saturated rings. The normalized spacial score (nSPS) is 11.6. The number of H-pyrrole nitrogens is 1. The molecule has 0 aliphatic carbocycles. The summed E-state index contributed by atoms with van der Waals surface area (Å²) >= 11 is 0. The topological polar surface area (TPSA) is 321 Å². The van der Waals surface area contributed by atoms with Crippen molar-refractivity contribution in [3.05, 3.63) is 69.8 Å². The monoisotopic (exact) mass is 871 g/mol. The number of hydrogen-bond acceptors (Lipinski definition) is 17. The molecule has 0 saturated heterocycles. The average Bonchev–Trinajstić information content (AvgIpc) is 3.48. The van der Waals surface area contributed by atoms with Crippen molar-refractivity contribution in [1.82, 2.24) is 24.7 Å². The van der Waals surface area contributed by atoms with Gasteiger partial charge in [0.25, 0.3) is 5.95 Å². The van der Waals surface area contributed by atoms with Gasteiger partial charge >= 0.3 is 70.8 Å². The van der Waals surface area contributed by atoms with E-state index in [2.05, 4.69) is 47.0 Å². The van der Waals surface area contributed by atoms with Gasteiger partial charge in [0.05, 0.1) is 42.9 Å². The fraction of sp³-hybridized carbons (Fsp3) is 0.382. The molecule has 0 radical (unpaired) electrons. The Morgan fingerprint density at radius 2 is 1.56 bits per heavy atom. The Kier molecular flexibility index (Phi) is 19.0. The van der Waals surface area contributed by atoms with Crippen LogP contribution in [-0.4, -0.2) is 92.3 Å². The van der Waals surface area contributed by atoms with Crippen molar-refractivity contribution in [2.24, 2.45) is 10.2 Å². The van der Waals surface area contributed by atoms with E-state index in [0.717, 1.165) is 4.68 Å². The minimum absolute atomic E-state index is 0. The van der Waals surface area contributed by atoms with Gasteiger partial charge in [-0.3, -0.25) is 9.78 Å². The third kappa shape index (κ3) is 15.5. The number of aromatic amines is 1. The van der Waals surface area contributed by atoms with Crippen molar-refractivity contribution < 1.29 is 99.8 Å². The first-order valence-electron chi connectivity index (χ1n) is 17.2. The van der Waals surface area contributed by atoms with Crippen LogP contribution in [0.15, 0.2) is 57.5 Å². The zero-order chi connectivity index (χ0) is 42.1. The number of para-hydroxylation sites is 1. The average molecular weight is 872 g/mol. The van der Waals surface area contributed by atoms with Gasteiger partial charge in [-0.2, -0.15) is 25.0 Å². The number of aromatic carboxylic acids is 1. The second-order valence-corrected chi connectivity index (χ2v) is 16.7. The summed E-state index contributed by atoms with van der Waals surface area (Å²) in [6.07, 6.45) is 0.640. The number of aromatic nitrogens is 5. The summed E-state index contributed by atoms with van der Waals surface area (Å²) in [6, 6.07) is 12.6. The van der Waals surface area contributed by atoms with Crippen molar-refractivity contribution in [3.63, 3.8) is 0 Å². The van der Waals surface area contributed by atoms with E-state index < -0.39 is 54.7 Å². The van der Waals surface area contributed by atoms with Gasteiger partial charge in [0.1, 0.15) is 17.3 Å². The van der Waals surface area contributed by atoms with E-state index >= 15 is 0 Å². The van der Waals surface area contributed by atoms with Gasteiger partial charge in [0, 0.05) is 42.6 Å². The quantitative estimate of drug-likeness (QED) is 0.0357. The molecule has 4 aromatic rings. The summed E-state index contributed by atoms with van der Waals surface area (Å²) in [7, 11) is -8.90. The summed E-state index contributed by atoms with van der Waals surface area (Å²) in [5.41, 5.74) is -0.702. The van der Waals surface area contributed by atoms with E-state index in [-0.39, 0.29) is 149 Å². The maximum atomic E-state index is 12.8. The Balaban J connectivity index is 0.00000600. The number of unbranched alkanes of at least 4 members (excludes halogenated alkanes) is 2. The van der Waals surface area contributed by atoms with Crippen molar-refractivity contribution >= 4 is 66.6 Å². The van der Waals surface area contributed by atoms with Gasteiger partial charge in [-0.1, -0.05) is 32.9 Å². The summed E-state index contributed by atoms with van der Waals surface area (Å²) < 4.78 is 67.9. The molecule has 0 saturated carbocycles. The van der Waals surface area contributed by atoms with Gasteiger partial charge < -0.3 is 29.7 Å². The third-order valence-electron chi connectivity index (χ3n) is 7.98. The molecule has 0 unspecified atom stereocenters. The number of rotatable bonds is 18. The number of nitrogens with one attached hydrogen (secondary N) is 3. The molecule has 1 amide bonds. The van der Waals surface area contributed by atoms with Crippen LogP contribution in [0.2, 0.25) is 0 Å². The molecule has 304 valence electrons. The molecule has 4 rings (SSSR count). The molecule has 0 spiro atoms. The number of carbonyl (C=O) groups excluding carboxylic acids is 1. The second kappa shape index (κ2) is 22.0. The fourth-order valence-electron chi connectivity index (χ4n) is 5.43. The number of azo groups is 1. The number of nitriles is 1. The van der Waals surface area contributed by atoms with Crippen molar-refractivity contribution in [2.75, 3.05) is 40.1 Å². The Labute approximate surface area is 384 Å². The van der Waals surface area contributed by atoms with Gasteiger partial charge in [0.15, 0.2) is 5.82 Å². The zero-order valence-corrected chi connectivity index (χ0v) is 38.8. The van der Waals surface area contributed by atoms with Gasteiger partial charge in [-0.25, -0.2) is 26.4 Å². The minimum atomic E-state index is -4.45. The summed E-state index contributed by atoms with van der Waals surface area (Å²) in [5, 5.41) is 38.5. The molecule has 2 aromatic carbocycles. The maximum Gasteiger partial charge on any atom is 1.00 e. The molecule has 0 aliphatic heterocycles. The standard InChI is InChI=1S/C34H41N11O10S2.2Na/c1-21(46)36-27-19-22(44(15-7-9-17-56(50,51)52)16-8-10-18-57(53,54)55)13-14-26(27)41-42-29-24(20-35)28(34(2,3)4)43-45(29)32-38-31(39-33(49)40-32)37-25-12-6-5-11-23(25)30(47)48;;/h5-6,11-14,19H,7-10,15-18H2,1-4H3,(H,36,46)(H,47,48)(H,50,51,52)(H,53,54,55)(H2,37,38,39,40,49);;/q;2*+1/p-2. The molecular formula is C34H39N11Na2O10S2. The molecule has 59 heavy (non-hydrogen) atoms. The summed E-state index contributed by atoms with van der Waals surface area (Å²) in [6.45, 7) is 7.07. The number of carbonyl (C=O) groups is 2. The molecule has 0 bridgehead atoms. The molecule has 0 aliphatic rings. The number of carboxylic acid groups (broad SMARTS) is 1. The number of carboxylic acids is 1. The van der Waals surface area contributed by atoms with E-state index in [1.165, 1.54) is 31.2 Å². The van der Waals surface area contributed by atoms with Crippen LogP contribution in [0.1, 0.15) is 75.0 Å². The van der Waals surface area contributed by atoms with Crippen molar-refractivity contribution in [3.8, 4) is 12.0 Å². The summed E-state index contributed by atoms with van der Waals surface area (Å²) in [4.78, 5) is 49.3. The summed E-state index contributed by atoms with van der Waals surface area (Å²) in [5.74, 6) is -3.63. The van der Waals surface area contributed by atoms with Crippen LogP contribution in [0, 0.1) is 11.3 Å². The molecule has 2 heterocycles. The van der Waals surface area contributed by atoms with Crippen LogP contribution >= 0.6 is 0 Å². The van der Waals surface area contributed by atoms with E-state index in [9.17, 15) is 50.7 Å². The van der Waals surface area contributed by atoms with Gasteiger partial charge in [-0.15, -0.1) is 10.2 Å². The smallest absolute Gasteiger partial charge is 0.748 e. The van der Waals surface area contributed by atoms with Crippen LogP contribution in [0.5, 0.6) is 0 Å². The Morgan fingerprint density at radius 3 is 2.10 bits per heavy atom. The molecule has 25 heteroatoms. The minimum Gasteiger partial charge on any atom is -0.748 e. The number of benzene rings is 2. The second-order valence-electron chi connectivity index (χ2n) is 13.6. The molecule has 2 aromatic heterocycles. The Hall–Kier alpha value is -4.09. The van der Waals surface area contributed by atoms with E-state index in [1.807, 2.05) is 0 Å². The van der Waals surface area contributed by atoms with Gasteiger partial charge in [-0.05, 0) is 56.0 Å². The first-order chi connectivity index (χ1) is 26.6. The van der Waals surface area contributed by atoms with E-state index in [1.54, 1.807) is 43.9 Å². The number of amides is 1. The van der Waals surface area contributed by atoms with Crippen molar-refractivity contribution in [1.29, 1.82) is 5.26 Å². The van der Waals surface area contributed by atoms with Gasteiger partial charge in [0.2, 0.25) is 11.9 Å². The van der Waals surface area contributed by atoms with E-state index in [0.29, 0.717) is 5.69 Å². The Bertz CT molecular complexity index is 2460. The predicted octanol–water partition coefficient (Wildman–Crippen LogP) is -2.20. The first kappa shape index (κ1) is 51.1. The van der Waals surface area contributed by atoms with Crippen LogP contribution in [-0.2, 0) is 30.4 Å². The van der Waals surface area contributed by atoms with Crippen LogP contribution in [0.3, 0.4) is 0 Å².